The van der Waals surface area contributed by atoms with Gasteiger partial charge in [-0.1, -0.05) is 30.3 Å². The summed E-state index contributed by atoms with van der Waals surface area (Å²) in [7, 11) is 1.31. The average Bonchev–Trinajstić information content (AvgIpc) is 3.11. The number of para-hydroxylation sites is 1. The van der Waals surface area contributed by atoms with E-state index in [1.54, 1.807) is 22.9 Å². The van der Waals surface area contributed by atoms with Crippen LogP contribution in [0.1, 0.15) is 16.7 Å². The topological polar surface area (TPSA) is 97.7 Å². The smallest absolute Gasteiger partial charge is 0.335 e. The number of carbonyl (C=O) groups is 4. The first kappa shape index (κ1) is 21.0. The molecule has 2 heterocycles. The van der Waals surface area contributed by atoms with E-state index in [-0.39, 0.29) is 12.1 Å². The highest BCUT2D eigenvalue weighted by molar-refractivity contribution is 6.39. The number of rotatable bonds is 4. The number of imide groups is 2. The van der Waals surface area contributed by atoms with Crippen LogP contribution in [-0.2, 0) is 25.7 Å². The first-order valence-corrected chi connectivity index (χ1v) is 9.94. The third kappa shape index (κ3) is 3.56. The molecule has 0 radical (unpaired) electrons. The largest absolute Gasteiger partial charge is 0.468 e. The molecule has 0 spiro atoms. The zero-order chi connectivity index (χ0) is 23.0. The van der Waals surface area contributed by atoms with E-state index in [4.69, 9.17) is 4.74 Å². The summed E-state index contributed by atoms with van der Waals surface area (Å²) in [6.45, 7) is 3.67. The normalized spacial score (nSPS) is 15.4. The molecule has 1 aliphatic heterocycles. The summed E-state index contributed by atoms with van der Waals surface area (Å²) in [5.74, 6) is -1.91. The average molecular weight is 431 g/mol. The van der Waals surface area contributed by atoms with Crippen LogP contribution in [0.15, 0.2) is 54.2 Å². The number of aryl methyl sites for hydroxylation is 1. The Labute approximate surface area is 184 Å². The maximum atomic E-state index is 13.3. The van der Waals surface area contributed by atoms with Gasteiger partial charge in [-0.2, -0.15) is 0 Å². The van der Waals surface area contributed by atoms with Crippen LogP contribution in [0.2, 0.25) is 0 Å². The SMILES string of the molecule is COC(=O)Cn1cc(/C=C2\C(=O)NC(=O)N(c3cccc(C)c3C)C2=O)c2ccccc21. The molecule has 1 fully saturated rings. The minimum atomic E-state index is -0.793. The minimum absolute atomic E-state index is 0.0204. The molecule has 2 aromatic carbocycles. The number of nitrogens with one attached hydrogen (secondary N) is 1. The van der Waals surface area contributed by atoms with E-state index in [1.807, 2.05) is 44.2 Å². The molecule has 162 valence electrons. The molecule has 0 atom stereocenters. The van der Waals surface area contributed by atoms with Gasteiger partial charge in [0.25, 0.3) is 11.8 Å². The molecule has 0 saturated carbocycles. The molecular weight excluding hydrogens is 410 g/mol. The number of nitrogens with zero attached hydrogens (tertiary/aromatic N) is 2. The Hall–Kier alpha value is -4.20. The lowest BCUT2D eigenvalue weighted by molar-refractivity contribution is -0.141. The Bertz CT molecular complexity index is 1320. The van der Waals surface area contributed by atoms with Gasteiger partial charge < -0.3 is 9.30 Å². The molecule has 4 amide bonds. The fourth-order valence-electron chi connectivity index (χ4n) is 3.73. The molecule has 0 unspecified atom stereocenters. The van der Waals surface area contributed by atoms with Crippen molar-refractivity contribution in [3.8, 4) is 0 Å². The number of barbiturate groups is 1. The summed E-state index contributed by atoms with van der Waals surface area (Å²) >= 11 is 0. The zero-order valence-electron chi connectivity index (χ0n) is 17.8. The highest BCUT2D eigenvalue weighted by Gasteiger charge is 2.37. The number of anilines is 1. The van der Waals surface area contributed by atoms with Crippen molar-refractivity contribution in [3.05, 3.63) is 70.9 Å². The van der Waals surface area contributed by atoms with E-state index >= 15 is 0 Å². The number of esters is 1. The highest BCUT2D eigenvalue weighted by atomic mass is 16.5. The lowest BCUT2D eigenvalue weighted by Gasteiger charge is -2.28. The van der Waals surface area contributed by atoms with E-state index in [1.165, 1.54) is 13.2 Å². The molecule has 1 aliphatic rings. The molecule has 3 aromatic rings. The number of aromatic nitrogens is 1. The predicted molar refractivity (Wildman–Crippen MR) is 119 cm³/mol. The molecule has 8 heteroatoms. The van der Waals surface area contributed by atoms with Gasteiger partial charge in [-0.3, -0.25) is 19.7 Å². The summed E-state index contributed by atoms with van der Waals surface area (Å²) in [4.78, 5) is 51.2. The highest BCUT2D eigenvalue weighted by Crippen LogP contribution is 2.29. The molecular formula is C24H21N3O5. The van der Waals surface area contributed by atoms with Crippen molar-refractivity contribution in [1.29, 1.82) is 0 Å². The summed E-state index contributed by atoms with van der Waals surface area (Å²) in [6, 6.07) is 11.8. The first-order valence-electron chi connectivity index (χ1n) is 9.94. The Morgan fingerprint density at radius 3 is 2.56 bits per heavy atom. The van der Waals surface area contributed by atoms with Crippen molar-refractivity contribution in [2.75, 3.05) is 12.0 Å². The van der Waals surface area contributed by atoms with Crippen molar-refractivity contribution in [2.24, 2.45) is 0 Å². The second-order valence-corrected chi connectivity index (χ2v) is 7.48. The third-order valence-electron chi connectivity index (χ3n) is 5.56. The number of methoxy groups -OCH3 is 1. The minimum Gasteiger partial charge on any atom is -0.468 e. The van der Waals surface area contributed by atoms with E-state index in [2.05, 4.69) is 5.32 Å². The standard InChI is InChI=1S/C24H21N3O5/c1-14-7-6-10-19(15(14)2)27-23(30)18(22(29)25-24(27)31)11-16-12-26(13-21(28)32-3)20-9-5-4-8-17(16)20/h4-12H,13H2,1-3H3,(H,25,29,31)/b18-11+. The molecule has 8 nitrogen and oxygen atoms in total. The van der Waals surface area contributed by atoms with Crippen LogP contribution in [0.25, 0.3) is 17.0 Å². The van der Waals surface area contributed by atoms with Gasteiger partial charge in [-0.05, 0) is 43.2 Å². The van der Waals surface area contributed by atoms with Gasteiger partial charge in [0.15, 0.2) is 0 Å². The van der Waals surface area contributed by atoms with Gasteiger partial charge >= 0.3 is 12.0 Å². The summed E-state index contributed by atoms with van der Waals surface area (Å²) in [5, 5.41) is 3.00. The number of hydrogen-bond donors (Lipinski definition) is 1. The zero-order valence-corrected chi connectivity index (χ0v) is 17.8. The molecule has 1 saturated heterocycles. The number of ether oxygens (including phenoxy) is 1. The summed E-state index contributed by atoms with van der Waals surface area (Å²) < 4.78 is 6.44. The van der Waals surface area contributed by atoms with E-state index in [0.29, 0.717) is 11.3 Å². The second-order valence-electron chi connectivity index (χ2n) is 7.48. The van der Waals surface area contributed by atoms with Gasteiger partial charge in [0.1, 0.15) is 12.1 Å². The van der Waals surface area contributed by atoms with Gasteiger partial charge in [-0.25, -0.2) is 9.69 Å². The fourth-order valence-corrected chi connectivity index (χ4v) is 3.73. The molecule has 32 heavy (non-hydrogen) atoms. The van der Waals surface area contributed by atoms with Crippen molar-refractivity contribution in [2.45, 2.75) is 20.4 Å². The predicted octanol–water partition coefficient (Wildman–Crippen LogP) is 3.10. The van der Waals surface area contributed by atoms with Crippen LogP contribution in [-0.4, -0.2) is 35.5 Å². The Morgan fingerprint density at radius 2 is 1.81 bits per heavy atom. The van der Waals surface area contributed by atoms with Crippen LogP contribution in [0.5, 0.6) is 0 Å². The van der Waals surface area contributed by atoms with Crippen molar-refractivity contribution in [3.63, 3.8) is 0 Å². The van der Waals surface area contributed by atoms with Gasteiger partial charge in [0, 0.05) is 22.7 Å². The van der Waals surface area contributed by atoms with Crippen LogP contribution in [0.4, 0.5) is 10.5 Å². The molecule has 1 N–H and O–H groups in total. The second kappa shape index (κ2) is 8.14. The summed E-state index contributed by atoms with van der Waals surface area (Å²) in [6.07, 6.45) is 3.12. The van der Waals surface area contributed by atoms with Crippen LogP contribution in [0, 0.1) is 13.8 Å². The van der Waals surface area contributed by atoms with Crippen molar-refractivity contribution < 1.29 is 23.9 Å². The van der Waals surface area contributed by atoms with Crippen LogP contribution in [0.3, 0.4) is 0 Å². The van der Waals surface area contributed by atoms with Gasteiger partial charge in [0.05, 0.1) is 12.8 Å². The van der Waals surface area contributed by atoms with Gasteiger partial charge in [-0.15, -0.1) is 0 Å². The molecule has 0 bridgehead atoms. The number of urea groups is 1. The number of amides is 4. The van der Waals surface area contributed by atoms with E-state index in [9.17, 15) is 19.2 Å². The first-order chi connectivity index (χ1) is 15.3. The molecule has 1 aromatic heterocycles. The number of carbonyl (C=O) groups excluding carboxylic acids is 4. The maximum Gasteiger partial charge on any atom is 0.335 e. The number of benzene rings is 2. The molecule has 4 rings (SSSR count). The number of fused-ring (bicyclic) bond motifs is 1. The van der Waals surface area contributed by atoms with Crippen LogP contribution >= 0.6 is 0 Å². The summed E-state index contributed by atoms with van der Waals surface area (Å²) in [5.41, 5.74) is 3.23. The lowest BCUT2D eigenvalue weighted by Crippen LogP contribution is -2.54. The van der Waals surface area contributed by atoms with Crippen LogP contribution < -0.4 is 10.2 Å². The number of hydrogen-bond acceptors (Lipinski definition) is 5. The van der Waals surface area contributed by atoms with Crippen molar-refractivity contribution >= 4 is 46.5 Å². The Kier molecular flexibility index (Phi) is 5.36. The van der Waals surface area contributed by atoms with Crippen molar-refractivity contribution in [1.82, 2.24) is 9.88 Å². The quantitative estimate of drug-likeness (QED) is 0.389. The van der Waals surface area contributed by atoms with Gasteiger partial charge in [0.2, 0.25) is 0 Å². The van der Waals surface area contributed by atoms with E-state index in [0.717, 1.165) is 26.9 Å². The third-order valence-corrected chi connectivity index (χ3v) is 5.56. The monoisotopic (exact) mass is 431 g/mol. The van der Waals surface area contributed by atoms with E-state index < -0.39 is 23.8 Å². The molecule has 0 aliphatic carbocycles. The Balaban J connectivity index is 1.81. The fraction of sp³-hybridized carbons (Fsp3) is 0.167. The Morgan fingerprint density at radius 1 is 1.06 bits per heavy atom. The maximum absolute atomic E-state index is 13.3. The lowest BCUT2D eigenvalue weighted by atomic mass is 10.0.